The van der Waals surface area contributed by atoms with Crippen LogP contribution in [0.15, 0.2) is 18.2 Å². The second-order valence-electron chi connectivity index (χ2n) is 4.83. The quantitative estimate of drug-likeness (QED) is 0.904. The number of halogens is 2. The Bertz CT molecular complexity index is 639. The largest absolute Gasteiger partial charge is 0.487 e. The van der Waals surface area contributed by atoms with E-state index in [2.05, 4.69) is 5.10 Å². The first-order valence-corrected chi connectivity index (χ1v) is 7.50. The second kappa shape index (κ2) is 6.69. The molecular formula is C15H18Cl2N2O2. The van der Waals surface area contributed by atoms with Gasteiger partial charge in [0.2, 0.25) is 0 Å². The molecule has 0 radical (unpaired) electrons. The molecule has 0 aliphatic rings. The molecule has 6 heteroatoms. The smallest absolute Gasteiger partial charge is 0.131 e. The van der Waals surface area contributed by atoms with Crippen molar-refractivity contribution in [3.63, 3.8) is 0 Å². The summed E-state index contributed by atoms with van der Waals surface area (Å²) in [6, 6.07) is 5.17. The molecule has 1 aromatic heterocycles. The van der Waals surface area contributed by atoms with Crippen molar-refractivity contribution in [2.45, 2.75) is 33.0 Å². The molecule has 1 heterocycles. The van der Waals surface area contributed by atoms with Gasteiger partial charge in [0.05, 0.1) is 22.5 Å². The Morgan fingerprint density at radius 3 is 2.67 bits per heavy atom. The molecule has 0 amide bonds. The third kappa shape index (κ3) is 3.51. The van der Waals surface area contributed by atoms with Crippen molar-refractivity contribution in [1.29, 1.82) is 0 Å². The lowest BCUT2D eigenvalue weighted by Gasteiger charge is -2.14. The molecule has 0 unspecified atom stereocenters. The van der Waals surface area contributed by atoms with Crippen LogP contribution in [0.2, 0.25) is 10.0 Å². The van der Waals surface area contributed by atoms with Crippen LogP contribution in [0, 0.1) is 0 Å². The van der Waals surface area contributed by atoms with Gasteiger partial charge < -0.3 is 9.84 Å². The Kier molecular flexibility index (Phi) is 5.14. The molecule has 0 aliphatic heterocycles. The van der Waals surface area contributed by atoms with Crippen LogP contribution < -0.4 is 4.74 Å². The Morgan fingerprint density at radius 2 is 2.10 bits per heavy atom. The van der Waals surface area contributed by atoms with Crippen molar-refractivity contribution in [2.75, 3.05) is 0 Å². The molecule has 4 nitrogen and oxygen atoms in total. The van der Waals surface area contributed by atoms with E-state index < -0.39 is 6.10 Å². The van der Waals surface area contributed by atoms with Crippen molar-refractivity contribution < 1.29 is 9.84 Å². The van der Waals surface area contributed by atoms with Gasteiger partial charge in [-0.1, -0.05) is 30.1 Å². The van der Waals surface area contributed by atoms with E-state index in [4.69, 9.17) is 27.9 Å². The maximum Gasteiger partial charge on any atom is 0.131 e. The second-order valence-corrected chi connectivity index (χ2v) is 5.65. The number of aromatic nitrogens is 2. The number of ether oxygens (including phenoxy) is 1. The summed E-state index contributed by atoms with van der Waals surface area (Å²) in [7, 11) is 1.83. The third-order valence-electron chi connectivity index (χ3n) is 3.29. The first-order valence-electron chi connectivity index (χ1n) is 6.74. The minimum atomic E-state index is -0.660. The van der Waals surface area contributed by atoms with Gasteiger partial charge in [-0.25, -0.2) is 0 Å². The zero-order chi connectivity index (χ0) is 15.6. The minimum Gasteiger partial charge on any atom is -0.487 e. The van der Waals surface area contributed by atoms with Crippen LogP contribution in [-0.4, -0.2) is 14.9 Å². The maximum atomic E-state index is 9.80. The minimum absolute atomic E-state index is 0.281. The van der Waals surface area contributed by atoms with Gasteiger partial charge in [0.15, 0.2) is 0 Å². The zero-order valence-corrected chi connectivity index (χ0v) is 13.7. The molecule has 1 aromatic carbocycles. The van der Waals surface area contributed by atoms with Crippen molar-refractivity contribution in [2.24, 2.45) is 7.05 Å². The van der Waals surface area contributed by atoms with Gasteiger partial charge >= 0.3 is 0 Å². The van der Waals surface area contributed by atoms with Crippen molar-refractivity contribution in [3.8, 4) is 5.75 Å². The van der Waals surface area contributed by atoms with E-state index in [0.717, 1.165) is 17.8 Å². The molecule has 2 rings (SSSR count). The number of rotatable bonds is 5. The molecule has 21 heavy (non-hydrogen) atoms. The highest BCUT2D eigenvalue weighted by molar-refractivity contribution is 6.32. The fraction of sp³-hybridized carbons (Fsp3) is 0.400. The molecule has 114 valence electrons. The van der Waals surface area contributed by atoms with Crippen LogP contribution in [0.4, 0.5) is 0 Å². The first-order chi connectivity index (χ1) is 9.93. The molecule has 0 saturated carbocycles. The van der Waals surface area contributed by atoms with Gasteiger partial charge in [-0.2, -0.15) is 5.10 Å². The van der Waals surface area contributed by atoms with E-state index in [1.54, 1.807) is 29.8 Å². The highest BCUT2D eigenvalue weighted by Crippen LogP contribution is 2.30. The molecule has 0 saturated heterocycles. The van der Waals surface area contributed by atoms with Gasteiger partial charge in [-0.3, -0.25) is 4.68 Å². The lowest BCUT2D eigenvalue weighted by molar-refractivity contribution is 0.189. The lowest BCUT2D eigenvalue weighted by atomic mass is 10.1. The van der Waals surface area contributed by atoms with Gasteiger partial charge in [0, 0.05) is 17.6 Å². The van der Waals surface area contributed by atoms with Crippen molar-refractivity contribution >= 4 is 23.2 Å². The van der Waals surface area contributed by atoms with Crippen LogP contribution >= 0.6 is 23.2 Å². The van der Waals surface area contributed by atoms with Crippen molar-refractivity contribution in [1.82, 2.24) is 9.78 Å². The number of nitrogens with zero attached hydrogens (tertiary/aromatic N) is 2. The Morgan fingerprint density at radius 1 is 1.38 bits per heavy atom. The number of benzene rings is 1. The van der Waals surface area contributed by atoms with Gasteiger partial charge in [-0.15, -0.1) is 0 Å². The summed E-state index contributed by atoms with van der Waals surface area (Å²) < 4.78 is 7.52. The Hall–Kier alpha value is -1.23. The molecule has 2 aromatic rings. The summed E-state index contributed by atoms with van der Waals surface area (Å²) >= 11 is 12.2. The Balaban J connectivity index is 2.23. The maximum absolute atomic E-state index is 9.80. The molecule has 0 fully saturated rings. The highest BCUT2D eigenvalue weighted by Gasteiger charge is 2.15. The standard InChI is InChI=1S/C15H18Cl2N2O2/c1-4-12-15(17)13(19(3)18-12)8-21-14-6-5-10(16)7-11(14)9(2)20/h5-7,9,20H,4,8H2,1-3H3/t9-/m1/s1. The number of aryl methyl sites for hydroxylation is 2. The summed E-state index contributed by atoms with van der Waals surface area (Å²) in [5, 5.41) is 15.3. The van der Waals surface area contributed by atoms with E-state index in [-0.39, 0.29) is 6.61 Å². The summed E-state index contributed by atoms with van der Waals surface area (Å²) in [5.41, 5.74) is 2.31. The van der Waals surface area contributed by atoms with Crippen LogP contribution in [-0.2, 0) is 20.1 Å². The zero-order valence-electron chi connectivity index (χ0n) is 12.2. The number of aliphatic hydroxyl groups excluding tert-OH is 1. The molecule has 1 N–H and O–H groups in total. The lowest BCUT2D eigenvalue weighted by Crippen LogP contribution is -2.05. The fourth-order valence-electron chi connectivity index (χ4n) is 2.10. The van der Waals surface area contributed by atoms with E-state index in [9.17, 15) is 5.11 Å². The summed E-state index contributed by atoms with van der Waals surface area (Å²) in [5.74, 6) is 0.588. The highest BCUT2D eigenvalue weighted by atomic mass is 35.5. The fourth-order valence-corrected chi connectivity index (χ4v) is 2.63. The van der Waals surface area contributed by atoms with Gasteiger partial charge in [0.1, 0.15) is 12.4 Å². The van der Waals surface area contributed by atoms with E-state index in [1.807, 2.05) is 14.0 Å². The van der Waals surface area contributed by atoms with E-state index in [1.165, 1.54) is 0 Å². The molecule has 0 spiro atoms. The topological polar surface area (TPSA) is 47.3 Å². The van der Waals surface area contributed by atoms with E-state index >= 15 is 0 Å². The molecular weight excluding hydrogens is 311 g/mol. The first kappa shape index (κ1) is 16.1. The van der Waals surface area contributed by atoms with E-state index in [0.29, 0.717) is 21.4 Å². The predicted molar refractivity (Wildman–Crippen MR) is 84.0 cm³/mol. The number of hydrogen-bond donors (Lipinski definition) is 1. The third-order valence-corrected chi connectivity index (χ3v) is 3.96. The van der Waals surface area contributed by atoms with Crippen LogP contribution in [0.1, 0.15) is 36.9 Å². The van der Waals surface area contributed by atoms with Crippen molar-refractivity contribution in [3.05, 3.63) is 45.2 Å². The molecule has 0 bridgehead atoms. The van der Waals surface area contributed by atoms with Crippen LogP contribution in [0.25, 0.3) is 0 Å². The van der Waals surface area contributed by atoms with Crippen LogP contribution in [0.5, 0.6) is 5.75 Å². The monoisotopic (exact) mass is 328 g/mol. The van der Waals surface area contributed by atoms with Gasteiger partial charge in [-0.05, 0) is 31.5 Å². The summed E-state index contributed by atoms with van der Waals surface area (Å²) in [6.45, 7) is 3.96. The molecule has 1 atom stereocenters. The predicted octanol–water partition coefficient (Wildman–Crippen LogP) is 3.92. The molecule has 0 aliphatic carbocycles. The summed E-state index contributed by atoms with van der Waals surface area (Å²) in [6.07, 6.45) is 0.110. The van der Waals surface area contributed by atoms with Gasteiger partial charge in [0.25, 0.3) is 0 Å². The average Bonchev–Trinajstić information content (AvgIpc) is 2.72. The van der Waals surface area contributed by atoms with Crippen LogP contribution in [0.3, 0.4) is 0 Å². The number of hydrogen-bond acceptors (Lipinski definition) is 3. The normalized spacial score (nSPS) is 12.5. The summed E-state index contributed by atoms with van der Waals surface area (Å²) in [4.78, 5) is 0. The Labute approximate surface area is 134 Å². The number of aliphatic hydroxyl groups is 1. The average molecular weight is 329 g/mol. The SMILES string of the molecule is CCc1nn(C)c(COc2ccc(Cl)cc2[C@@H](C)O)c1Cl.